The van der Waals surface area contributed by atoms with Gasteiger partial charge in [-0.3, -0.25) is 0 Å². The highest BCUT2D eigenvalue weighted by atomic mass is 16.5. The summed E-state index contributed by atoms with van der Waals surface area (Å²) in [5.74, 6) is 14.6. The van der Waals surface area contributed by atoms with Crippen LogP contribution in [0.3, 0.4) is 0 Å². The summed E-state index contributed by atoms with van der Waals surface area (Å²) in [5.41, 5.74) is 3.86. The molecule has 4 aromatic carbocycles. The van der Waals surface area contributed by atoms with Gasteiger partial charge in [0, 0.05) is 58.4 Å². The molecule has 6 nitrogen and oxygen atoms in total. The third kappa shape index (κ3) is 5.42. The first-order valence-electron chi connectivity index (χ1n) is 13.8. The molecule has 0 amide bonds. The molecule has 0 saturated heterocycles. The molecule has 0 fully saturated rings. The zero-order chi connectivity index (χ0) is 30.5. The molecule has 44 heavy (non-hydrogen) atoms. The van der Waals surface area contributed by atoms with Crippen molar-refractivity contribution in [2.75, 3.05) is 26.4 Å². The van der Waals surface area contributed by atoms with E-state index in [4.69, 9.17) is 54.1 Å². The van der Waals surface area contributed by atoms with Crippen molar-refractivity contribution in [2.24, 2.45) is 0 Å². The van der Waals surface area contributed by atoms with Crippen LogP contribution in [-0.2, 0) is 0 Å². The first-order valence-corrected chi connectivity index (χ1v) is 13.8. The van der Waals surface area contributed by atoms with Crippen molar-refractivity contribution in [1.29, 1.82) is 0 Å². The maximum absolute atomic E-state index is 6.47. The number of rotatable bonds is 9. The van der Waals surface area contributed by atoms with Crippen LogP contribution in [0.4, 0.5) is 0 Å². The molecule has 0 atom stereocenters. The monoisotopic (exact) mass is 578 g/mol. The summed E-state index contributed by atoms with van der Waals surface area (Å²) in [7, 11) is 0. The maximum atomic E-state index is 6.47. The van der Waals surface area contributed by atoms with E-state index in [1.807, 2.05) is 72.8 Å². The van der Waals surface area contributed by atoms with E-state index in [-0.39, 0.29) is 38.3 Å². The standard InChI is InChI=1S/C38H26O6/c1-5-17-39-25-9-13-29-33(21-25)43-34-22-26(40-18-6-2)10-14-30(34)37(29)38-31-15-11-27(41-19-7-3)23-35(31)44-36-24-28(42-20-8-4)12-16-32(36)38/h1-4,9-16,21-24,37-38H,17-20H2. The highest BCUT2D eigenvalue weighted by Crippen LogP contribution is 2.58. The van der Waals surface area contributed by atoms with Gasteiger partial charge in [0.2, 0.25) is 0 Å². The van der Waals surface area contributed by atoms with Gasteiger partial charge in [0.15, 0.2) is 0 Å². The average molecular weight is 579 g/mol. The van der Waals surface area contributed by atoms with Gasteiger partial charge in [-0.25, -0.2) is 0 Å². The molecule has 2 aliphatic rings. The van der Waals surface area contributed by atoms with Gasteiger partial charge in [0.1, 0.15) is 72.4 Å². The van der Waals surface area contributed by atoms with Crippen LogP contribution in [0.2, 0.25) is 0 Å². The molecule has 0 N–H and O–H groups in total. The van der Waals surface area contributed by atoms with Gasteiger partial charge in [-0.2, -0.15) is 0 Å². The Labute approximate surface area is 256 Å². The summed E-state index contributed by atoms with van der Waals surface area (Å²) in [6.45, 7) is 0.547. The zero-order valence-corrected chi connectivity index (χ0v) is 23.7. The molecule has 0 bridgehead atoms. The van der Waals surface area contributed by atoms with Crippen molar-refractivity contribution in [3.63, 3.8) is 0 Å². The van der Waals surface area contributed by atoms with E-state index in [2.05, 4.69) is 23.7 Å². The molecular formula is C38H26O6. The molecule has 214 valence electrons. The van der Waals surface area contributed by atoms with Crippen molar-refractivity contribution in [2.45, 2.75) is 11.8 Å². The Morgan fingerprint density at radius 1 is 0.432 bits per heavy atom. The number of fused-ring (bicyclic) bond motifs is 4. The highest BCUT2D eigenvalue weighted by Gasteiger charge is 2.40. The van der Waals surface area contributed by atoms with Gasteiger partial charge in [-0.05, 0) is 24.3 Å². The predicted molar refractivity (Wildman–Crippen MR) is 167 cm³/mol. The van der Waals surface area contributed by atoms with Crippen LogP contribution in [-0.4, -0.2) is 26.4 Å². The second kappa shape index (κ2) is 12.4. The van der Waals surface area contributed by atoms with Crippen molar-refractivity contribution in [3.8, 4) is 95.4 Å². The van der Waals surface area contributed by atoms with E-state index in [0.29, 0.717) is 46.0 Å². The molecule has 0 unspecified atom stereocenters. The Morgan fingerprint density at radius 3 is 0.909 bits per heavy atom. The minimum Gasteiger partial charge on any atom is -0.481 e. The fraction of sp³-hybridized carbons (Fsp3) is 0.158. The third-order valence-electron chi connectivity index (χ3n) is 7.34. The summed E-state index contributed by atoms with van der Waals surface area (Å²) in [6, 6.07) is 23.1. The van der Waals surface area contributed by atoms with Crippen molar-refractivity contribution < 1.29 is 28.4 Å². The van der Waals surface area contributed by atoms with Crippen LogP contribution in [0.15, 0.2) is 72.8 Å². The Bertz CT molecular complexity index is 1620. The van der Waals surface area contributed by atoms with Gasteiger partial charge in [0.05, 0.1) is 0 Å². The van der Waals surface area contributed by atoms with Crippen LogP contribution in [0, 0.1) is 49.4 Å². The SMILES string of the molecule is C#CCOc1ccc2c(c1)Oc1cc(OCC#C)ccc1C2C1c2ccc(OCC#C)cc2Oc2cc(OCC#C)ccc21. The van der Waals surface area contributed by atoms with E-state index in [1.165, 1.54) is 0 Å². The Morgan fingerprint density at radius 2 is 0.682 bits per heavy atom. The second-order valence-corrected chi connectivity index (χ2v) is 9.93. The summed E-state index contributed by atoms with van der Waals surface area (Å²) in [6.07, 6.45) is 21.7. The normalized spacial score (nSPS) is 12.5. The van der Waals surface area contributed by atoms with Gasteiger partial charge in [-0.1, -0.05) is 47.9 Å². The maximum Gasteiger partial charge on any atom is 0.148 e. The molecule has 6 heteroatoms. The number of hydrogen-bond donors (Lipinski definition) is 0. The summed E-state index contributed by atoms with van der Waals surface area (Å²) >= 11 is 0. The summed E-state index contributed by atoms with van der Waals surface area (Å²) < 4.78 is 35.9. The average Bonchev–Trinajstić information content (AvgIpc) is 3.05. The van der Waals surface area contributed by atoms with E-state index >= 15 is 0 Å². The molecule has 2 heterocycles. The third-order valence-corrected chi connectivity index (χ3v) is 7.34. The number of benzene rings is 4. The van der Waals surface area contributed by atoms with E-state index in [0.717, 1.165) is 22.3 Å². The van der Waals surface area contributed by atoms with Crippen molar-refractivity contribution in [3.05, 3.63) is 95.1 Å². The van der Waals surface area contributed by atoms with Crippen molar-refractivity contribution >= 4 is 0 Å². The molecule has 0 saturated carbocycles. The fourth-order valence-corrected chi connectivity index (χ4v) is 5.59. The van der Waals surface area contributed by atoms with Gasteiger partial charge >= 0.3 is 0 Å². The van der Waals surface area contributed by atoms with Crippen LogP contribution in [0.5, 0.6) is 46.0 Å². The van der Waals surface area contributed by atoms with E-state index < -0.39 is 0 Å². The van der Waals surface area contributed by atoms with Crippen molar-refractivity contribution in [1.82, 2.24) is 0 Å². The predicted octanol–water partition coefficient (Wildman–Crippen LogP) is 6.91. The fourth-order valence-electron chi connectivity index (χ4n) is 5.59. The van der Waals surface area contributed by atoms with Gasteiger partial charge < -0.3 is 28.4 Å². The van der Waals surface area contributed by atoms with E-state index in [1.54, 1.807) is 0 Å². The molecule has 0 aromatic heterocycles. The molecule has 0 spiro atoms. The molecule has 0 radical (unpaired) electrons. The lowest BCUT2D eigenvalue weighted by molar-refractivity contribution is 0.355. The van der Waals surface area contributed by atoms with Crippen LogP contribution in [0.1, 0.15) is 34.1 Å². The molecule has 0 aliphatic carbocycles. The van der Waals surface area contributed by atoms with Crippen LogP contribution < -0.4 is 28.4 Å². The minimum absolute atomic E-state index is 0.137. The van der Waals surface area contributed by atoms with Gasteiger partial charge in [-0.15, -0.1) is 25.7 Å². The molecule has 2 aliphatic heterocycles. The van der Waals surface area contributed by atoms with Gasteiger partial charge in [0.25, 0.3) is 0 Å². The summed E-state index contributed by atoms with van der Waals surface area (Å²) in [4.78, 5) is 0. The Kier molecular flexibility index (Phi) is 7.92. The Hall–Kier alpha value is -6.08. The second-order valence-electron chi connectivity index (χ2n) is 9.93. The lowest BCUT2D eigenvalue weighted by Crippen LogP contribution is -2.22. The minimum atomic E-state index is -0.200. The van der Waals surface area contributed by atoms with Crippen LogP contribution >= 0.6 is 0 Å². The molecule has 4 aromatic rings. The lowest BCUT2D eigenvalue weighted by atomic mass is 9.71. The lowest BCUT2D eigenvalue weighted by Gasteiger charge is -2.38. The molecular weight excluding hydrogens is 552 g/mol. The number of terminal acetylenes is 4. The zero-order valence-electron chi connectivity index (χ0n) is 23.7. The summed E-state index contributed by atoms with van der Waals surface area (Å²) in [5, 5.41) is 0. The highest BCUT2D eigenvalue weighted by molar-refractivity contribution is 5.65. The topological polar surface area (TPSA) is 55.4 Å². The smallest absolute Gasteiger partial charge is 0.148 e. The first kappa shape index (κ1) is 28.1. The first-order chi connectivity index (χ1) is 21.6. The van der Waals surface area contributed by atoms with Crippen LogP contribution in [0.25, 0.3) is 0 Å². The van der Waals surface area contributed by atoms with E-state index in [9.17, 15) is 0 Å². The number of hydrogen-bond acceptors (Lipinski definition) is 6. The Balaban J connectivity index is 1.54. The number of ether oxygens (including phenoxy) is 6. The largest absolute Gasteiger partial charge is 0.481 e. The quantitative estimate of drug-likeness (QED) is 0.201. The molecule has 6 rings (SSSR count).